The van der Waals surface area contributed by atoms with Crippen LogP contribution < -0.4 is 0 Å². The molecule has 1 saturated carbocycles. The zero-order valence-corrected chi connectivity index (χ0v) is 13.6. The summed E-state index contributed by atoms with van der Waals surface area (Å²) in [5.41, 5.74) is 6.57. The van der Waals surface area contributed by atoms with Crippen molar-refractivity contribution in [3.05, 3.63) is 88.7 Å². The van der Waals surface area contributed by atoms with Crippen LogP contribution in [0.1, 0.15) is 25.3 Å². The smallest absolute Gasteiger partial charge is 0.152 e. The number of rotatable bonds is 3. The molecule has 4 rings (SSSR count). The Morgan fingerprint density at radius 2 is 2.12 bits per heavy atom. The molecule has 0 aromatic heterocycles. The monoisotopic (exact) mass is 319 g/mol. The minimum absolute atomic E-state index is 0.240. The van der Waals surface area contributed by atoms with Crippen LogP contribution in [0.2, 0.25) is 0 Å². The number of benzene rings is 1. The molecule has 0 N–H and O–H groups in total. The molecule has 0 unspecified atom stereocenters. The first-order valence-electron chi connectivity index (χ1n) is 8.15. The van der Waals surface area contributed by atoms with E-state index in [9.17, 15) is 9.18 Å². The van der Waals surface area contributed by atoms with E-state index in [-0.39, 0.29) is 5.82 Å². The largest absolute Gasteiger partial charge is 0.316 e. The SMILES string of the molecule is C=C1C(C=O)=CC(C2CC2)=C2C(C)=C(c3cccc(F)c3)C=CN12. The summed E-state index contributed by atoms with van der Waals surface area (Å²) in [5.74, 6) is 0.261. The number of hydrogen-bond acceptors (Lipinski definition) is 2. The first-order valence-corrected chi connectivity index (χ1v) is 8.15. The second-order valence-electron chi connectivity index (χ2n) is 6.48. The predicted octanol–water partition coefficient (Wildman–Crippen LogP) is 4.75. The minimum atomic E-state index is -0.240. The standard InChI is InChI=1S/C21H18FNO/c1-13-19(16-4-3-5-18(22)10-16)8-9-23-14(2)17(12-24)11-20(21(13)23)15-6-7-15/h3-5,8-12,15H,2,6-7H2,1H3. The molecule has 0 radical (unpaired) electrons. The molecule has 3 aliphatic rings. The molecule has 2 nitrogen and oxygen atoms in total. The van der Waals surface area contributed by atoms with Gasteiger partial charge in [-0.25, -0.2) is 4.39 Å². The van der Waals surface area contributed by atoms with Gasteiger partial charge in [-0.2, -0.15) is 0 Å². The molecule has 2 heterocycles. The van der Waals surface area contributed by atoms with Gasteiger partial charge in [-0.1, -0.05) is 18.7 Å². The molecular formula is C21H18FNO. The van der Waals surface area contributed by atoms with Crippen LogP contribution in [0.25, 0.3) is 5.57 Å². The van der Waals surface area contributed by atoms with Crippen molar-refractivity contribution in [1.82, 2.24) is 4.90 Å². The highest BCUT2D eigenvalue weighted by atomic mass is 19.1. The average Bonchev–Trinajstić information content (AvgIpc) is 3.41. The lowest BCUT2D eigenvalue weighted by Gasteiger charge is -2.35. The molecule has 1 fully saturated rings. The van der Waals surface area contributed by atoms with E-state index in [1.165, 1.54) is 11.6 Å². The van der Waals surface area contributed by atoms with Crippen LogP contribution in [0.4, 0.5) is 4.39 Å². The molecule has 1 aliphatic carbocycles. The summed E-state index contributed by atoms with van der Waals surface area (Å²) >= 11 is 0. The Morgan fingerprint density at radius 1 is 1.33 bits per heavy atom. The molecule has 1 aromatic rings. The van der Waals surface area contributed by atoms with Crippen molar-refractivity contribution in [2.45, 2.75) is 19.8 Å². The molecule has 0 amide bonds. The molecule has 2 aliphatic heterocycles. The fraction of sp³-hybridized carbons (Fsp3) is 0.190. The molecule has 0 bridgehead atoms. The number of fused-ring (bicyclic) bond motifs is 1. The van der Waals surface area contributed by atoms with E-state index in [0.717, 1.165) is 41.5 Å². The summed E-state index contributed by atoms with van der Waals surface area (Å²) in [7, 11) is 0. The van der Waals surface area contributed by atoms with Crippen molar-refractivity contribution in [3.8, 4) is 0 Å². The third-order valence-corrected chi connectivity index (χ3v) is 4.88. The second-order valence-corrected chi connectivity index (χ2v) is 6.48. The van der Waals surface area contributed by atoms with E-state index in [4.69, 9.17) is 0 Å². The van der Waals surface area contributed by atoms with Gasteiger partial charge in [0.15, 0.2) is 6.29 Å². The van der Waals surface area contributed by atoms with Gasteiger partial charge in [0.05, 0.1) is 5.70 Å². The Balaban J connectivity index is 1.91. The Morgan fingerprint density at radius 3 is 2.79 bits per heavy atom. The van der Waals surface area contributed by atoms with E-state index >= 15 is 0 Å². The van der Waals surface area contributed by atoms with Gasteiger partial charge in [-0.3, -0.25) is 4.79 Å². The molecule has 0 atom stereocenters. The van der Waals surface area contributed by atoms with Crippen molar-refractivity contribution < 1.29 is 9.18 Å². The molecule has 0 saturated heterocycles. The number of carbonyl (C=O) groups excluding carboxylic acids is 1. The zero-order valence-electron chi connectivity index (χ0n) is 13.6. The van der Waals surface area contributed by atoms with Crippen LogP contribution in [0, 0.1) is 11.7 Å². The number of hydrogen-bond donors (Lipinski definition) is 0. The van der Waals surface area contributed by atoms with Gasteiger partial charge in [0, 0.05) is 17.5 Å². The van der Waals surface area contributed by atoms with E-state index in [1.54, 1.807) is 12.1 Å². The zero-order chi connectivity index (χ0) is 16.8. The van der Waals surface area contributed by atoms with Gasteiger partial charge in [0.25, 0.3) is 0 Å². The highest BCUT2D eigenvalue weighted by Gasteiger charge is 2.35. The van der Waals surface area contributed by atoms with Crippen molar-refractivity contribution in [2.24, 2.45) is 5.92 Å². The van der Waals surface area contributed by atoms with Gasteiger partial charge < -0.3 is 4.90 Å². The maximum Gasteiger partial charge on any atom is 0.152 e. The van der Waals surface area contributed by atoms with Crippen molar-refractivity contribution in [3.63, 3.8) is 0 Å². The molecule has 0 spiro atoms. The second kappa shape index (κ2) is 5.45. The molecule has 1 aromatic carbocycles. The van der Waals surface area contributed by atoms with Gasteiger partial charge in [-0.05, 0) is 72.3 Å². The Labute approximate surface area is 141 Å². The first-order chi connectivity index (χ1) is 11.6. The molecule has 120 valence electrons. The Hall–Kier alpha value is -2.68. The maximum atomic E-state index is 13.6. The maximum absolute atomic E-state index is 13.6. The Bertz CT molecular complexity index is 881. The average molecular weight is 319 g/mol. The fourth-order valence-electron chi connectivity index (χ4n) is 3.47. The quantitative estimate of drug-likeness (QED) is 0.750. The van der Waals surface area contributed by atoms with Crippen molar-refractivity contribution >= 4 is 11.9 Å². The van der Waals surface area contributed by atoms with Crippen molar-refractivity contribution in [1.29, 1.82) is 0 Å². The van der Waals surface area contributed by atoms with Crippen LogP contribution in [-0.2, 0) is 4.79 Å². The van der Waals surface area contributed by atoms with Crippen molar-refractivity contribution in [2.75, 3.05) is 0 Å². The number of nitrogens with zero attached hydrogens (tertiary/aromatic N) is 1. The summed E-state index contributed by atoms with van der Waals surface area (Å²) < 4.78 is 13.6. The highest BCUT2D eigenvalue weighted by Crippen LogP contribution is 2.47. The third-order valence-electron chi connectivity index (χ3n) is 4.88. The fourth-order valence-corrected chi connectivity index (χ4v) is 3.47. The van der Waals surface area contributed by atoms with Crippen LogP contribution in [-0.4, -0.2) is 11.2 Å². The van der Waals surface area contributed by atoms with Crippen LogP contribution in [0.15, 0.2) is 77.3 Å². The summed E-state index contributed by atoms with van der Waals surface area (Å²) in [5, 5.41) is 0. The minimum Gasteiger partial charge on any atom is -0.316 e. The van der Waals surface area contributed by atoms with Crippen LogP contribution in [0.3, 0.4) is 0 Å². The Kier molecular flexibility index (Phi) is 3.38. The summed E-state index contributed by atoms with van der Waals surface area (Å²) in [6.45, 7) is 6.13. The van der Waals surface area contributed by atoms with Gasteiger partial charge in [-0.15, -0.1) is 0 Å². The van der Waals surface area contributed by atoms with Gasteiger partial charge >= 0.3 is 0 Å². The van der Waals surface area contributed by atoms with E-state index in [1.807, 2.05) is 29.3 Å². The molecule has 24 heavy (non-hydrogen) atoms. The molecule has 3 heteroatoms. The van der Waals surface area contributed by atoms with E-state index < -0.39 is 0 Å². The number of aldehydes is 1. The van der Waals surface area contributed by atoms with Crippen LogP contribution in [0.5, 0.6) is 0 Å². The highest BCUT2D eigenvalue weighted by molar-refractivity contribution is 5.86. The lowest BCUT2D eigenvalue weighted by atomic mass is 9.88. The predicted molar refractivity (Wildman–Crippen MR) is 93.0 cm³/mol. The first kappa shape index (κ1) is 14.9. The lowest BCUT2D eigenvalue weighted by Crippen LogP contribution is -2.26. The summed E-state index contributed by atoms with van der Waals surface area (Å²) in [6, 6.07) is 6.66. The van der Waals surface area contributed by atoms with Gasteiger partial charge in [0.1, 0.15) is 5.82 Å². The number of halogens is 1. The van der Waals surface area contributed by atoms with Crippen LogP contribution >= 0.6 is 0 Å². The normalized spacial score (nSPS) is 20.3. The molecular weight excluding hydrogens is 301 g/mol. The van der Waals surface area contributed by atoms with E-state index in [0.29, 0.717) is 17.2 Å². The number of allylic oxidation sites excluding steroid dienone is 6. The topological polar surface area (TPSA) is 20.3 Å². The van der Waals surface area contributed by atoms with E-state index in [2.05, 4.69) is 13.5 Å². The number of carbonyl (C=O) groups is 1. The lowest BCUT2D eigenvalue weighted by molar-refractivity contribution is -0.104. The summed E-state index contributed by atoms with van der Waals surface area (Å²) in [4.78, 5) is 13.4. The van der Waals surface area contributed by atoms with Gasteiger partial charge in [0.2, 0.25) is 0 Å². The third kappa shape index (κ3) is 2.28. The summed E-state index contributed by atoms with van der Waals surface area (Å²) in [6.07, 6.45) is 9.05.